The van der Waals surface area contributed by atoms with E-state index in [-0.39, 0.29) is 6.04 Å². The molecule has 3 N–H and O–H groups in total. The summed E-state index contributed by atoms with van der Waals surface area (Å²) in [6, 6.07) is 0.187. The molecule has 0 heterocycles. The molecule has 0 aliphatic heterocycles. The van der Waals surface area contributed by atoms with Gasteiger partial charge in [-0.05, 0) is 6.42 Å². The van der Waals surface area contributed by atoms with E-state index < -0.39 is 0 Å². The molecule has 0 aliphatic carbocycles. The Kier molecular flexibility index (Phi) is 4.89. The summed E-state index contributed by atoms with van der Waals surface area (Å²) in [6.07, 6.45) is 8.32. The second kappa shape index (κ2) is 5.36. The van der Waals surface area contributed by atoms with Crippen molar-refractivity contribution in [1.82, 2.24) is 5.43 Å². The summed E-state index contributed by atoms with van der Waals surface area (Å²) in [6.45, 7) is 3.57. The average molecular weight is 124 g/mol. The zero-order valence-electron chi connectivity index (χ0n) is 5.43. The number of hydrogen-bond acceptors (Lipinski definition) is 2. The minimum Gasteiger partial charge on any atom is -0.271 e. The van der Waals surface area contributed by atoms with Gasteiger partial charge in [0.2, 0.25) is 0 Å². The summed E-state index contributed by atoms with van der Waals surface area (Å²) in [5.41, 5.74) is 2.59. The first-order chi connectivity index (χ1) is 4.35. The Balaban J connectivity index is 3.43. The lowest BCUT2D eigenvalue weighted by Crippen LogP contribution is -2.34. The van der Waals surface area contributed by atoms with E-state index in [9.17, 15) is 0 Å². The van der Waals surface area contributed by atoms with Crippen molar-refractivity contribution in [2.24, 2.45) is 5.84 Å². The molecule has 0 rings (SSSR count). The fourth-order valence-electron chi connectivity index (χ4n) is 0.554. The van der Waals surface area contributed by atoms with Crippen LogP contribution in [-0.2, 0) is 0 Å². The van der Waals surface area contributed by atoms with Crippen LogP contribution in [0.1, 0.15) is 12.8 Å². The van der Waals surface area contributed by atoms with Gasteiger partial charge in [0.1, 0.15) is 0 Å². The topological polar surface area (TPSA) is 38.0 Å². The van der Waals surface area contributed by atoms with E-state index in [4.69, 9.17) is 12.3 Å². The van der Waals surface area contributed by atoms with Crippen LogP contribution in [0, 0.1) is 12.3 Å². The van der Waals surface area contributed by atoms with E-state index in [2.05, 4.69) is 17.9 Å². The van der Waals surface area contributed by atoms with E-state index in [1.54, 1.807) is 6.08 Å². The van der Waals surface area contributed by atoms with Crippen LogP contribution in [0.2, 0.25) is 0 Å². The van der Waals surface area contributed by atoms with Gasteiger partial charge in [-0.15, -0.1) is 18.9 Å². The largest absolute Gasteiger partial charge is 0.271 e. The van der Waals surface area contributed by atoms with Crippen LogP contribution in [0.3, 0.4) is 0 Å². The summed E-state index contributed by atoms with van der Waals surface area (Å²) in [5.74, 6) is 7.66. The zero-order valence-corrected chi connectivity index (χ0v) is 5.43. The Labute approximate surface area is 56.1 Å². The molecule has 0 amide bonds. The number of nitrogens with one attached hydrogen (secondary N) is 1. The molecule has 0 saturated carbocycles. The summed E-state index contributed by atoms with van der Waals surface area (Å²) >= 11 is 0. The first kappa shape index (κ1) is 8.22. The third-order valence-corrected chi connectivity index (χ3v) is 1.05. The highest BCUT2D eigenvalue weighted by molar-refractivity contribution is 4.91. The highest BCUT2D eigenvalue weighted by Gasteiger charge is 1.98. The lowest BCUT2D eigenvalue weighted by atomic mass is 10.1. The third-order valence-electron chi connectivity index (χ3n) is 1.05. The molecular formula is C7H12N2. The van der Waals surface area contributed by atoms with Gasteiger partial charge in [-0.2, -0.15) is 0 Å². The van der Waals surface area contributed by atoms with Gasteiger partial charge >= 0.3 is 0 Å². The van der Waals surface area contributed by atoms with Crippen molar-refractivity contribution in [3.8, 4) is 12.3 Å². The number of nitrogens with two attached hydrogens (primary N) is 1. The lowest BCUT2D eigenvalue weighted by molar-refractivity contribution is 0.546. The fourth-order valence-corrected chi connectivity index (χ4v) is 0.554. The normalized spacial score (nSPS) is 12.0. The van der Waals surface area contributed by atoms with Crippen molar-refractivity contribution in [1.29, 1.82) is 0 Å². The van der Waals surface area contributed by atoms with Crippen molar-refractivity contribution < 1.29 is 0 Å². The fraction of sp³-hybridized carbons (Fsp3) is 0.429. The molecule has 0 aromatic rings. The van der Waals surface area contributed by atoms with Crippen LogP contribution in [0.5, 0.6) is 0 Å². The third kappa shape index (κ3) is 3.77. The minimum atomic E-state index is 0.187. The van der Waals surface area contributed by atoms with Gasteiger partial charge in [-0.1, -0.05) is 6.08 Å². The van der Waals surface area contributed by atoms with E-state index in [0.29, 0.717) is 6.42 Å². The summed E-state index contributed by atoms with van der Waals surface area (Å²) in [4.78, 5) is 0. The van der Waals surface area contributed by atoms with Crippen LogP contribution < -0.4 is 11.3 Å². The molecular weight excluding hydrogens is 112 g/mol. The summed E-state index contributed by atoms with van der Waals surface area (Å²) < 4.78 is 0. The molecule has 0 aliphatic rings. The smallest absolute Gasteiger partial charge is 0.0354 e. The molecule has 2 heteroatoms. The standard InChI is InChI=1S/C7H12N2/c1-3-5-7(9-8)6-4-2/h1,4,7,9H,2,5-6,8H2. The number of hydrogen-bond donors (Lipinski definition) is 2. The van der Waals surface area contributed by atoms with E-state index in [1.165, 1.54) is 0 Å². The Morgan fingerprint density at radius 1 is 1.89 bits per heavy atom. The van der Waals surface area contributed by atoms with Crippen molar-refractivity contribution in [2.75, 3.05) is 0 Å². The number of terminal acetylenes is 1. The first-order valence-electron chi connectivity index (χ1n) is 2.85. The van der Waals surface area contributed by atoms with Gasteiger partial charge in [0.25, 0.3) is 0 Å². The molecule has 0 aromatic carbocycles. The van der Waals surface area contributed by atoms with Crippen molar-refractivity contribution in [3.05, 3.63) is 12.7 Å². The second-order valence-corrected chi connectivity index (χ2v) is 1.80. The van der Waals surface area contributed by atoms with Gasteiger partial charge in [0, 0.05) is 12.5 Å². The maximum absolute atomic E-state index is 5.15. The van der Waals surface area contributed by atoms with Crippen molar-refractivity contribution in [2.45, 2.75) is 18.9 Å². The Hall–Kier alpha value is -0.780. The van der Waals surface area contributed by atoms with Crippen molar-refractivity contribution >= 4 is 0 Å². The average Bonchev–Trinajstić information content (AvgIpc) is 1.88. The SMILES string of the molecule is C#CCC(CC=C)NN. The molecule has 1 unspecified atom stereocenters. The lowest BCUT2D eigenvalue weighted by Gasteiger charge is -2.08. The van der Waals surface area contributed by atoms with E-state index in [0.717, 1.165) is 6.42 Å². The van der Waals surface area contributed by atoms with Crippen LogP contribution in [0.4, 0.5) is 0 Å². The molecule has 50 valence electrons. The van der Waals surface area contributed by atoms with Gasteiger partial charge in [0.05, 0.1) is 0 Å². The quantitative estimate of drug-likeness (QED) is 0.247. The van der Waals surface area contributed by atoms with Crippen LogP contribution in [0.25, 0.3) is 0 Å². The molecule has 0 spiro atoms. The predicted octanol–water partition coefficient (Wildman–Crippen LogP) is 0.418. The molecule has 2 nitrogen and oxygen atoms in total. The Morgan fingerprint density at radius 3 is 2.89 bits per heavy atom. The molecule has 1 atom stereocenters. The van der Waals surface area contributed by atoms with Gasteiger partial charge in [-0.25, -0.2) is 0 Å². The molecule has 0 bridgehead atoms. The van der Waals surface area contributed by atoms with Crippen molar-refractivity contribution in [3.63, 3.8) is 0 Å². The predicted molar refractivity (Wildman–Crippen MR) is 39.4 cm³/mol. The van der Waals surface area contributed by atoms with E-state index in [1.807, 2.05) is 0 Å². The maximum Gasteiger partial charge on any atom is 0.0354 e. The van der Waals surface area contributed by atoms with Crippen LogP contribution in [0.15, 0.2) is 12.7 Å². The van der Waals surface area contributed by atoms with Gasteiger partial charge in [-0.3, -0.25) is 11.3 Å². The molecule has 0 fully saturated rings. The van der Waals surface area contributed by atoms with Crippen LogP contribution >= 0.6 is 0 Å². The maximum atomic E-state index is 5.15. The summed E-state index contributed by atoms with van der Waals surface area (Å²) in [7, 11) is 0. The molecule has 9 heavy (non-hydrogen) atoms. The highest BCUT2D eigenvalue weighted by atomic mass is 15.2. The first-order valence-corrected chi connectivity index (χ1v) is 2.85. The highest BCUT2D eigenvalue weighted by Crippen LogP contribution is 1.94. The van der Waals surface area contributed by atoms with Gasteiger partial charge in [0.15, 0.2) is 0 Å². The van der Waals surface area contributed by atoms with Crippen LogP contribution in [-0.4, -0.2) is 6.04 Å². The second-order valence-electron chi connectivity index (χ2n) is 1.80. The van der Waals surface area contributed by atoms with Gasteiger partial charge < -0.3 is 0 Å². The molecule has 0 aromatic heterocycles. The minimum absolute atomic E-state index is 0.187. The summed E-state index contributed by atoms with van der Waals surface area (Å²) in [5, 5.41) is 0. The monoisotopic (exact) mass is 124 g/mol. The Morgan fingerprint density at radius 2 is 2.56 bits per heavy atom. The molecule has 0 saturated heterocycles. The Bertz CT molecular complexity index is 113. The molecule has 0 radical (unpaired) electrons. The zero-order chi connectivity index (χ0) is 7.11. The number of rotatable bonds is 4. The number of hydrazine groups is 1. The van der Waals surface area contributed by atoms with E-state index >= 15 is 0 Å².